The molecule has 0 aliphatic carbocycles. The van der Waals surface area contributed by atoms with Crippen molar-refractivity contribution in [3.63, 3.8) is 0 Å². The Labute approximate surface area is 114 Å². The van der Waals surface area contributed by atoms with Crippen molar-refractivity contribution in [3.8, 4) is 0 Å². The number of anilines is 3. The van der Waals surface area contributed by atoms with E-state index >= 15 is 0 Å². The molecule has 0 saturated heterocycles. The highest BCUT2D eigenvalue weighted by molar-refractivity contribution is 5.99. The van der Waals surface area contributed by atoms with E-state index in [9.17, 15) is 9.59 Å². The smallest absolute Gasteiger partial charge is 0.337 e. The second-order valence-corrected chi connectivity index (χ2v) is 4.09. The lowest BCUT2D eigenvalue weighted by Gasteiger charge is -2.12. The number of nitrogens with two attached hydrogens (primary N) is 1. The molecule has 0 fully saturated rings. The van der Waals surface area contributed by atoms with E-state index < -0.39 is 11.9 Å². The molecule has 6 nitrogen and oxygen atoms in total. The molecule has 0 saturated carbocycles. The Bertz CT molecular complexity index is 683. The minimum atomic E-state index is -1.15. The molecule has 102 valence electrons. The second-order valence-electron chi connectivity index (χ2n) is 4.09. The van der Waals surface area contributed by atoms with Crippen molar-refractivity contribution in [2.75, 3.05) is 11.1 Å². The number of carboxylic acid groups (broad SMARTS) is 2. The maximum absolute atomic E-state index is 11.2. The zero-order chi connectivity index (χ0) is 14.7. The minimum absolute atomic E-state index is 0.0230. The van der Waals surface area contributed by atoms with Crippen LogP contribution < -0.4 is 11.1 Å². The van der Waals surface area contributed by atoms with Crippen molar-refractivity contribution in [2.24, 2.45) is 0 Å². The first-order valence-electron chi connectivity index (χ1n) is 5.71. The molecule has 2 aromatic carbocycles. The third-order valence-corrected chi connectivity index (χ3v) is 2.70. The van der Waals surface area contributed by atoms with Crippen molar-refractivity contribution in [3.05, 3.63) is 53.6 Å². The van der Waals surface area contributed by atoms with Gasteiger partial charge < -0.3 is 21.3 Å². The van der Waals surface area contributed by atoms with E-state index in [2.05, 4.69) is 5.32 Å². The van der Waals surface area contributed by atoms with Gasteiger partial charge in [0.25, 0.3) is 0 Å². The van der Waals surface area contributed by atoms with Gasteiger partial charge in [0.1, 0.15) is 0 Å². The number of benzene rings is 2. The fraction of sp³-hybridized carbons (Fsp3) is 0. The summed E-state index contributed by atoms with van der Waals surface area (Å²) >= 11 is 0. The van der Waals surface area contributed by atoms with Crippen LogP contribution in [0.25, 0.3) is 0 Å². The molecule has 6 heteroatoms. The molecule has 2 aromatic rings. The summed E-state index contributed by atoms with van der Waals surface area (Å²) in [6.07, 6.45) is 0. The Morgan fingerprint density at radius 3 is 2.15 bits per heavy atom. The highest BCUT2D eigenvalue weighted by Gasteiger charge is 2.14. The lowest BCUT2D eigenvalue weighted by atomic mass is 10.1. The van der Waals surface area contributed by atoms with Crippen LogP contribution in [0.5, 0.6) is 0 Å². The monoisotopic (exact) mass is 272 g/mol. The van der Waals surface area contributed by atoms with Gasteiger partial charge in [-0.1, -0.05) is 12.1 Å². The number of carboxylic acids is 2. The van der Waals surface area contributed by atoms with Crippen LogP contribution >= 0.6 is 0 Å². The molecule has 5 N–H and O–H groups in total. The second kappa shape index (κ2) is 5.31. The molecule has 2 rings (SSSR count). The van der Waals surface area contributed by atoms with Gasteiger partial charge in [-0.05, 0) is 30.3 Å². The van der Waals surface area contributed by atoms with Gasteiger partial charge in [0.05, 0.1) is 22.5 Å². The predicted molar refractivity (Wildman–Crippen MR) is 74.5 cm³/mol. The molecule has 0 radical (unpaired) electrons. The van der Waals surface area contributed by atoms with Gasteiger partial charge in [-0.25, -0.2) is 9.59 Å². The number of hydrogen-bond acceptors (Lipinski definition) is 4. The van der Waals surface area contributed by atoms with Gasteiger partial charge in [-0.15, -0.1) is 0 Å². The van der Waals surface area contributed by atoms with Crippen LogP contribution in [0, 0.1) is 0 Å². The van der Waals surface area contributed by atoms with Gasteiger partial charge >= 0.3 is 11.9 Å². The van der Waals surface area contributed by atoms with E-state index in [1.54, 1.807) is 18.2 Å². The lowest BCUT2D eigenvalue weighted by molar-refractivity contribution is 0.0688. The first kappa shape index (κ1) is 13.4. The van der Waals surface area contributed by atoms with E-state index in [1.807, 2.05) is 0 Å². The summed E-state index contributed by atoms with van der Waals surface area (Å²) in [7, 11) is 0. The zero-order valence-electron chi connectivity index (χ0n) is 10.3. The standard InChI is InChI=1S/C14H12N2O4/c15-8-5-6-12(10(7-8)14(19)20)16-11-4-2-1-3-9(11)13(17)18/h1-7,16H,15H2,(H,17,18)(H,19,20). The molecular weight excluding hydrogens is 260 g/mol. The Morgan fingerprint density at radius 2 is 1.50 bits per heavy atom. The Morgan fingerprint density at radius 1 is 0.900 bits per heavy atom. The number of rotatable bonds is 4. The summed E-state index contributed by atoms with van der Waals surface area (Å²) in [6.45, 7) is 0. The Balaban J connectivity index is 2.45. The summed E-state index contributed by atoms with van der Waals surface area (Å²) < 4.78 is 0. The number of nitrogen functional groups attached to an aromatic ring is 1. The molecule has 0 atom stereocenters. The summed E-state index contributed by atoms with van der Waals surface area (Å²) in [6, 6.07) is 10.6. The molecule has 0 unspecified atom stereocenters. The molecular formula is C14H12N2O4. The maximum Gasteiger partial charge on any atom is 0.337 e. The molecule has 0 heterocycles. The summed E-state index contributed by atoms with van der Waals surface area (Å²) in [5, 5.41) is 21.0. The SMILES string of the molecule is Nc1ccc(Nc2ccccc2C(=O)O)c(C(=O)O)c1. The average molecular weight is 272 g/mol. The van der Waals surface area contributed by atoms with Crippen molar-refractivity contribution in [2.45, 2.75) is 0 Å². The third kappa shape index (κ3) is 2.69. The van der Waals surface area contributed by atoms with Crippen molar-refractivity contribution < 1.29 is 19.8 Å². The fourth-order valence-electron chi connectivity index (χ4n) is 1.77. The van der Waals surface area contributed by atoms with Crippen LogP contribution in [0.2, 0.25) is 0 Å². The number of aromatic carboxylic acids is 2. The Kier molecular flexibility index (Phi) is 3.56. The van der Waals surface area contributed by atoms with Gasteiger partial charge in [0, 0.05) is 5.69 Å². The van der Waals surface area contributed by atoms with E-state index in [1.165, 1.54) is 24.3 Å². The summed E-state index contributed by atoms with van der Waals surface area (Å²) in [5.41, 5.74) is 6.49. The first-order chi connectivity index (χ1) is 9.49. The van der Waals surface area contributed by atoms with E-state index in [4.69, 9.17) is 15.9 Å². The lowest BCUT2D eigenvalue weighted by Crippen LogP contribution is -2.07. The van der Waals surface area contributed by atoms with Crippen molar-refractivity contribution in [1.29, 1.82) is 0 Å². The molecule has 0 aromatic heterocycles. The molecule has 0 aliphatic heterocycles. The molecule has 20 heavy (non-hydrogen) atoms. The molecule has 0 bridgehead atoms. The number of carbonyl (C=O) groups is 2. The number of para-hydroxylation sites is 1. The highest BCUT2D eigenvalue weighted by atomic mass is 16.4. The number of nitrogens with one attached hydrogen (secondary N) is 1. The normalized spacial score (nSPS) is 10.0. The van der Waals surface area contributed by atoms with Crippen LogP contribution in [0.15, 0.2) is 42.5 Å². The maximum atomic E-state index is 11.2. The Hall–Kier alpha value is -3.02. The van der Waals surface area contributed by atoms with Crippen LogP contribution in [-0.4, -0.2) is 22.2 Å². The summed E-state index contributed by atoms with van der Waals surface area (Å²) in [4.78, 5) is 22.3. The van der Waals surface area contributed by atoms with Crippen LogP contribution in [0.1, 0.15) is 20.7 Å². The fourth-order valence-corrected chi connectivity index (χ4v) is 1.77. The highest BCUT2D eigenvalue weighted by Crippen LogP contribution is 2.25. The summed E-state index contributed by atoms with van der Waals surface area (Å²) in [5.74, 6) is -2.24. The predicted octanol–water partition coefficient (Wildman–Crippen LogP) is 2.41. The van der Waals surface area contributed by atoms with E-state index in [0.717, 1.165) is 0 Å². The van der Waals surface area contributed by atoms with Crippen LogP contribution in [-0.2, 0) is 0 Å². The van der Waals surface area contributed by atoms with Crippen LogP contribution in [0.4, 0.5) is 17.1 Å². The zero-order valence-corrected chi connectivity index (χ0v) is 10.3. The number of hydrogen-bond donors (Lipinski definition) is 4. The van der Waals surface area contributed by atoms with E-state index in [0.29, 0.717) is 11.4 Å². The van der Waals surface area contributed by atoms with Crippen molar-refractivity contribution in [1.82, 2.24) is 0 Å². The molecule has 0 amide bonds. The van der Waals surface area contributed by atoms with Gasteiger partial charge in [0.2, 0.25) is 0 Å². The first-order valence-corrected chi connectivity index (χ1v) is 5.71. The largest absolute Gasteiger partial charge is 0.478 e. The van der Waals surface area contributed by atoms with Gasteiger partial charge in [0.15, 0.2) is 0 Å². The quantitative estimate of drug-likeness (QED) is 0.636. The van der Waals surface area contributed by atoms with E-state index in [-0.39, 0.29) is 16.8 Å². The van der Waals surface area contributed by atoms with Gasteiger partial charge in [-0.3, -0.25) is 0 Å². The average Bonchev–Trinajstić information content (AvgIpc) is 2.41. The van der Waals surface area contributed by atoms with Crippen molar-refractivity contribution >= 4 is 29.0 Å². The topological polar surface area (TPSA) is 113 Å². The van der Waals surface area contributed by atoms with Gasteiger partial charge in [-0.2, -0.15) is 0 Å². The minimum Gasteiger partial charge on any atom is -0.478 e. The third-order valence-electron chi connectivity index (χ3n) is 2.70. The molecule has 0 aliphatic rings. The molecule has 0 spiro atoms. The van der Waals surface area contributed by atoms with Crippen LogP contribution in [0.3, 0.4) is 0 Å².